The van der Waals surface area contributed by atoms with Crippen molar-refractivity contribution in [1.82, 2.24) is 0 Å². The van der Waals surface area contributed by atoms with E-state index in [1.165, 1.54) is 6.08 Å². The second-order valence-electron chi connectivity index (χ2n) is 0.597. The van der Waals surface area contributed by atoms with Crippen LogP contribution in [0.5, 0.6) is 0 Å². The minimum atomic E-state index is 0.588. The first kappa shape index (κ1) is 5.47. The number of hydrogen-bond acceptors (Lipinski definition) is 0. The van der Waals surface area contributed by atoms with E-state index in [9.17, 15) is 4.39 Å². The molecule has 0 nitrogen and oxygen atoms in total. The summed E-state index contributed by atoms with van der Waals surface area (Å²) in [6.45, 7) is 0. The number of rotatable bonds is 1. The number of hydrogen-bond donors (Lipinski definition) is 0. The second kappa shape index (κ2) is 4.47. The van der Waals surface area contributed by atoms with Gasteiger partial charge in [-0.15, -0.1) is 0 Å². The number of halogens is 1. The van der Waals surface area contributed by atoms with Crippen LogP contribution in [0, 0.1) is 0 Å². The Morgan fingerprint density at radius 3 is 2.40 bits per heavy atom. The molecule has 0 spiro atoms. The minimum absolute atomic E-state index is 0.588. The molecular formula is C3H5FSn. The Morgan fingerprint density at radius 2 is 2.40 bits per heavy atom. The van der Waals surface area contributed by atoms with Crippen LogP contribution >= 0.6 is 0 Å². The average molecular weight is 179 g/mol. The van der Waals surface area contributed by atoms with E-state index in [-0.39, 0.29) is 0 Å². The first-order chi connectivity index (χ1) is 2.41. The fourth-order valence-electron chi connectivity index (χ4n) is 0.0514. The molecule has 0 aliphatic heterocycles. The third-order valence-corrected chi connectivity index (χ3v) is 1.00. The summed E-state index contributed by atoms with van der Waals surface area (Å²) in [5.41, 5.74) is 0. The maximum atomic E-state index is 10.8. The summed E-state index contributed by atoms with van der Waals surface area (Å²) in [6.07, 6.45) is 2.10. The molecular weight excluding hydrogens is 174 g/mol. The first-order valence-electron chi connectivity index (χ1n) is 1.37. The Hall–Kier alpha value is 0.469. The van der Waals surface area contributed by atoms with Crippen molar-refractivity contribution in [3.05, 3.63) is 12.4 Å². The SMILES string of the molecule is FC=C[CH2][SnH]. The molecule has 0 atom stereocenters. The van der Waals surface area contributed by atoms with Crippen molar-refractivity contribution in [1.29, 1.82) is 0 Å². The van der Waals surface area contributed by atoms with Gasteiger partial charge in [0.2, 0.25) is 0 Å². The van der Waals surface area contributed by atoms with Gasteiger partial charge in [-0.3, -0.25) is 0 Å². The zero-order chi connectivity index (χ0) is 4.12. The fourth-order valence-corrected chi connectivity index (χ4v) is 0.345. The molecule has 2 radical (unpaired) electrons. The Morgan fingerprint density at radius 1 is 1.80 bits per heavy atom. The van der Waals surface area contributed by atoms with Crippen molar-refractivity contribution in [2.24, 2.45) is 0 Å². The van der Waals surface area contributed by atoms with Gasteiger partial charge in [0, 0.05) is 0 Å². The molecule has 28 valence electrons. The van der Waals surface area contributed by atoms with Crippen molar-refractivity contribution in [2.75, 3.05) is 0 Å². The van der Waals surface area contributed by atoms with E-state index >= 15 is 0 Å². The van der Waals surface area contributed by atoms with E-state index in [0.29, 0.717) is 6.33 Å². The van der Waals surface area contributed by atoms with Crippen LogP contribution in [-0.2, 0) is 0 Å². The molecule has 0 N–H and O–H groups in total. The van der Waals surface area contributed by atoms with E-state index in [4.69, 9.17) is 0 Å². The predicted molar refractivity (Wildman–Crippen MR) is 22.2 cm³/mol. The van der Waals surface area contributed by atoms with Crippen LogP contribution in [0.4, 0.5) is 4.39 Å². The van der Waals surface area contributed by atoms with E-state index in [1.807, 2.05) is 0 Å². The van der Waals surface area contributed by atoms with Crippen LogP contribution in [0.2, 0.25) is 4.44 Å². The van der Waals surface area contributed by atoms with E-state index in [2.05, 4.69) is 0 Å². The van der Waals surface area contributed by atoms with Crippen LogP contribution in [0.25, 0.3) is 0 Å². The maximum absolute atomic E-state index is 10.8. The van der Waals surface area contributed by atoms with Crippen molar-refractivity contribution in [2.45, 2.75) is 4.44 Å². The fraction of sp³-hybridized carbons (Fsp3) is 0.333. The van der Waals surface area contributed by atoms with Gasteiger partial charge < -0.3 is 0 Å². The monoisotopic (exact) mass is 180 g/mol. The van der Waals surface area contributed by atoms with Crippen LogP contribution in [0.3, 0.4) is 0 Å². The molecule has 0 rings (SSSR count). The first-order valence-corrected chi connectivity index (χ1v) is 3.70. The third kappa shape index (κ3) is 4.47. The zero-order valence-corrected chi connectivity index (χ0v) is 6.11. The van der Waals surface area contributed by atoms with Crippen LogP contribution in [0.1, 0.15) is 0 Å². The molecule has 0 saturated carbocycles. The molecule has 2 heteroatoms. The van der Waals surface area contributed by atoms with Gasteiger partial charge in [-0.05, 0) is 0 Å². The summed E-state index contributed by atoms with van der Waals surface area (Å²) >= 11 is 1.12. The van der Waals surface area contributed by atoms with E-state index in [0.717, 1.165) is 27.0 Å². The van der Waals surface area contributed by atoms with Gasteiger partial charge in [0.05, 0.1) is 0 Å². The van der Waals surface area contributed by atoms with Gasteiger partial charge >= 0.3 is 43.8 Å². The second-order valence-corrected chi connectivity index (χ2v) is 1.94. The average Bonchev–Trinajstić information content (AvgIpc) is 1.41. The predicted octanol–water partition coefficient (Wildman–Crippen LogP) is 0.789. The summed E-state index contributed by atoms with van der Waals surface area (Å²) in [4.78, 5) is 0. The van der Waals surface area contributed by atoms with Gasteiger partial charge in [0.25, 0.3) is 0 Å². The Kier molecular flexibility index (Phi) is 4.89. The van der Waals surface area contributed by atoms with Gasteiger partial charge in [0.1, 0.15) is 0 Å². The summed E-state index contributed by atoms with van der Waals surface area (Å²) < 4.78 is 11.8. The van der Waals surface area contributed by atoms with Crippen molar-refractivity contribution in [3.8, 4) is 0 Å². The summed E-state index contributed by atoms with van der Waals surface area (Å²) in [5.74, 6) is 0. The molecule has 5 heavy (non-hydrogen) atoms. The summed E-state index contributed by atoms with van der Waals surface area (Å²) in [7, 11) is 0. The molecule has 0 aromatic heterocycles. The van der Waals surface area contributed by atoms with Crippen LogP contribution in [-0.4, -0.2) is 22.5 Å². The molecule has 0 bridgehead atoms. The van der Waals surface area contributed by atoms with Crippen LogP contribution in [0.15, 0.2) is 12.4 Å². The topological polar surface area (TPSA) is 0 Å². The molecule has 0 aliphatic rings. The molecule has 0 saturated heterocycles. The summed E-state index contributed by atoms with van der Waals surface area (Å²) in [5, 5.41) is 0. The normalized spacial score (nSPS) is 10.0. The molecule has 0 unspecified atom stereocenters. The molecule has 0 aromatic carbocycles. The van der Waals surface area contributed by atoms with Gasteiger partial charge in [-0.25, -0.2) is 0 Å². The Labute approximate surface area is 44.2 Å². The quantitative estimate of drug-likeness (QED) is 0.521. The Bertz CT molecular complexity index is 33.9. The Balaban J connectivity index is 2.62. The van der Waals surface area contributed by atoms with Crippen LogP contribution < -0.4 is 0 Å². The van der Waals surface area contributed by atoms with E-state index < -0.39 is 0 Å². The van der Waals surface area contributed by atoms with Crippen molar-refractivity contribution >= 4 is 22.5 Å². The molecule has 0 heterocycles. The molecule has 0 amide bonds. The van der Waals surface area contributed by atoms with Crippen molar-refractivity contribution < 1.29 is 4.39 Å². The van der Waals surface area contributed by atoms with E-state index in [1.54, 1.807) is 0 Å². The van der Waals surface area contributed by atoms with Crippen molar-refractivity contribution in [3.63, 3.8) is 0 Å². The van der Waals surface area contributed by atoms with Gasteiger partial charge in [-0.2, -0.15) is 0 Å². The molecule has 0 fully saturated rings. The molecule has 0 aromatic rings. The standard InChI is InChI=1S/C3H4F.Sn.H/c1-2-3-4;;/h2-3H,1H2;;. The zero-order valence-electron chi connectivity index (χ0n) is 2.82. The summed E-state index contributed by atoms with van der Waals surface area (Å²) in [6, 6.07) is 0. The number of allylic oxidation sites excluding steroid dienone is 1. The third-order valence-electron chi connectivity index (χ3n) is 0.225. The van der Waals surface area contributed by atoms with Gasteiger partial charge in [-0.1, -0.05) is 0 Å². The molecule has 0 aliphatic carbocycles. The van der Waals surface area contributed by atoms with Gasteiger partial charge in [0.15, 0.2) is 0 Å².